The molecular formula is C15H22ClN3O3. The van der Waals surface area contributed by atoms with Crippen LogP contribution in [0.5, 0.6) is 0 Å². The molecule has 0 spiro atoms. The summed E-state index contributed by atoms with van der Waals surface area (Å²) in [6.45, 7) is 2.33. The third kappa shape index (κ3) is 5.02. The van der Waals surface area contributed by atoms with E-state index < -0.39 is 0 Å². The number of nitrogens with zero attached hydrogens (tertiary/aromatic N) is 2. The number of hydrogen-bond donors (Lipinski definition) is 1. The van der Waals surface area contributed by atoms with E-state index in [1.54, 1.807) is 17.9 Å². The van der Waals surface area contributed by atoms with Crippen molar-refractivity contribution in [1.29, 1.82) is 0 Å². The zero-order valence-electron chi connectivity index (χ0n) is 12.8. The first-order valence-corrected chi connectivity index (χ1v) is 8.19. The Morgan fingerprint density at radius 1 is 1.41 bits per heavy atom. The van der Waals surface area contributed by atoms with Crippen molar-refractivity contribution >= 4 is 29.2 Å². The van der Waals surface area contributed by atoms with Crippen LogP contribution < -0.4 is 5.32 Å². The van der Waals surface area contributed by atoms with Gasteiger partial charge in [-0.3, -0.25) is 9.59 Å². The maximum Gasteiger partial charge on any atom is 0.245 e. The quantitative estimate of drug-likeness (QED) is 0.815. The minimum atomic E-state index is -0.289. The van der Waals surface area contributed by atoms with Gasteiger partial charge in [0.25, 0.3) is 0 Å². The van der Waals surface area contributed by atoms with Gasteiger partial charge < -0.3 is 14.7 Å². The summed E-state index contributed by atoms with van der Waals surface area (Å²) in [5, 5.41) is 6.34. The van der Waals surface area contributed by atoms with Crippen molar-refractivity contribution in [2.75, 3.05) is 24.3 Å². The number of carbonyl (C=O) groups excluding carboxylic acids is 2. The lowest BCUT2D eigenvalue weighted by atomic mass is 9.89. The van der Waals surface area contributed by atoms with Crippen molar-refractivity contribution in [3.8, 4) is 0 Å². The van der Waals surface area contributed by atoms with Crippen molar-refractivity contribution < 1.29 is 14.1 Å². The molecule has 0 unspecified atom stereocenters. The number of aryl methyl sites for hydroxylation is 1. The first-order valence-electron chi connectivity index (χ1n) is 7.65. The normalized spacial score (nSPS) is 15.5. The number of amides is 2. The number of rotatable bonds is 6. The molecule has 1 aromatic rings. The molecular weight excluding hydrogens is 306 g/mol. The number of halogens is 1. The Morgan fingerprint density at radius 2 is 2.14 bits per heavy atom. The van der Waals surface area contributed by atoms with Crippen molar-refractivity contribution in [2.45, 2.75) is 39.0 Å². The molecule has 0 radical (unpaired) electrons. The molecule has 1 fully saturated rings. The van der Waals surface area contributed by atoms with E-state index in [0.29, 0.717) is 24.0 Å². The maximum atomic E-state index is 12.1. The SMILES string of the molecule is Cc1cc(NC(=O)CN(CC2CCCCC2)C(=O)CCl)no1. The highest BCUT2D eigenvalue weighted by molar-refractivity contribution is 6.27. The van der Waals surface area contributed by atoms with E-state index in [4.69, 9.17) is 16.1 Å². The number of hydrogen-bond acceptors (Lipinski definition) is 4. The average molecular weight is 328 g/mol. The average Bonchev–Trinajstić information content (AvgIpc) is 2.91. The lowest BCUT2D eigenvalue weighted by molar-refractivity contribution is -0.133. The molecule has 1 saturated carbocycles. The van der Waals surface area contributed by atoms with Gasteiger partial charge in [0.15, 0.2) is 5.82 Å². The van der Waals surface area contributed by atoms with Gasteiger partial charge in [0.05, 0.1) is 6.54 Å². The molecule has 0 bridgehead atoms. The van der Waals surface area contributed by atoms with Crippen molar-refractivity contribution in [2.24, 2.45) is 5.92 Å². The van der Waals surface area contributed by atoms with Crippen LogP contribution in [0.15, 0.2) is 10.6 Å². The molecule has 0 atom stereocenters. The Balaban J connectivity index is 1.90. The highest BCUT2D eigenvalue weighted by Crippen LogP contribution is 2.24. The second-order valence-corrected chi connectivity index (χ2v) is 6.05. The van der Waals surface area contributed by atoms with Gasteiger partial charge in [-0.15, -0.1) is 11.6 Å². The van der Waals surface area contributed by atoms with Crippen molar-refractivity contribution in [3.05, 3.63) is 11.8 Å². The van der Waals surface area contributed by atoms with E-state index >= 15 is 0 Å². The molecule has 22 heavy (non-hydrogen) atoms. The predicted molar refractivity (Wildman–Crippen MR) is 83.7 cm³/mol. The Bertz CT molecular complexity index is 512. The Kier molecular flexibility index (Phi) is 6.24. The number of carbonyl (C=O) groups is 2. The van der Waals surface area contributed by atoms with E-state index in [9.17, 15) is 9.59 Å². The predicted octanol–water partition coefficient (Wildman–Crippen LogP) is 2.57. The Labute approximate surface area is 135 Å². The summed E-state index contributed by atoms with van der Waals surface area (Å²) in [4.78, 5) is 25.6. The van der Waals surface area contributed by atoms with Gasteiger partial charge in [-0.1, -0.05) is 24.4 Å². The highest BCUT2D eigenvalue weighted by atomic mass is 35.5. The van der Waals surface area contributed by atoms with E-state index in [0.717, 1.165) is 12.8 Å². The Hall–Kier alpha value is -1.56. The number of alkyl halides is 1. The standard InChI is InChI=1S/C15H22ClN3O3/c1-11-7-13(18-22-11)17-14(20)10-19(15(21)8-16)9-12-5-3-2-4-6-12/h7,12H,2-6,8-10H2,1H3,(H,17,18,20). The largest absolute Gasteiger partial charge is 0.360 e. The first-order chi connectivity index (χ1) is 10.6. The van der Waals surface area contributed by atoms with E-state index in [1.807, 2.05) is 0 Å². The van der Waals surface area contributed by atoms with Crippen LogP contribution in [0.25, 0.3) is 0 Å². The molecule has 1 aromatic heterocycles. The minimum absolute atomic E-state index is 0.00599. The second kappa shape index (κ2) is 8.17. The summed E-state index contributed by atoms with van der Waals surface area (Å²) in [5.41, 5.74) is 0. The van der Waals surface area contributed by atoms with Crippen molar-refractivity contribution in [1.82, 2.24) is 10.1 Å². The van der Waals surface area contributed by atoms with Crippen LogP contribution in [0, 0.1) is 12.8 Å². The van der Waals surface area contributed by atoms with Crippen LogP contribution in [0.4, 0.5) is 5.82 Å². The van der Waals surface area contributed by atoms with Crippen LogP contribution in [0.3, 0.4) is 0 Å². The van der Waals surface area contributed by atoms with Gasteiger partial charge in [0.1, 0.15) is 11.6 Å². The zero-order chi connectivity index (χ0) is 15.9. The summed E-state index contributed by atoms with van der Waals surface area (Å²) >= 11 is 5.66. The second-order valence-electron chi connectivity index (χ2n) is 5.78. The van der Waals surface area contributed by atoms with Gasteiger partial charge in [-0.2, -0.15) is 0 Å². The smallest absolute Gasteiger partial charge is 0.245 e. The minimum Gasteiger partial charge on any atom is -0.360 e. The summed E-state index contributed by atoms with van der Waals surface area (Å²) in [5.74, 6) is 0.831. The van der Waals surface area contributed by atoms with Crippen LogP contribution in [0.2, 0.25) is 0 Å². The fourth-order valence-corrected chi connectivity index (χ4v) is 2.97. The van der Waals surface area contributed by atoms with Crippen LogP contribution in [0.1, 0.15) is 37.9 Å². The maximum absolute atomic E-state index is 12.1. The van der Waals surface area contributed by atoms with Gasteiger partial charge in [0.2, 0.25) is 11.8 Å². The monoisotopic (exact) mass is 327 g/mol. The first kappa shape index (κ1) is 16.8. The lowest BCUT2D eigenvalue weighted by Gasteiger charge is -2.29. The zero-order valence-corrected chi connectivity index (χ0v) is 13.6. The number of anilines is 1. The Morgan fingerprint density at radius 3 is 2.73 bits per heavy atom. The third-order valence-corrected chi connectivity index (χ3v) is 4.13. The third-order valence-electron chi connectivity index (χ3n) is 3.90. The summed E-state index contributed by atoms with van der Waals surface area (Å²) < 4.78 is 4.89. The molecule has 6 nitrogen and oxygen atoms in total. The van der Waals surface area contributed by atoms with E-state index in [2.05, 4.69) is 10.5 Å². The molecule has 122 valence electrons. The van der Waals surface area contributed by atoms with Crippen LogP contribution >= 0.6 is 11.6 Å². The molecule has 0 aliphatic heterocycles. The molecule has 2 rings (SSSR count). The van der Waals surface area contributed by atoms with Gasteiger partial charge in [-0.25, -0.2) is 0 Å². The lowest BCUT2D eigenvalue weighted by Crippen LogP contribution is -2.42. The number of nitrogens with one attached hydrogen (secondary N) is 1. The van der Waals surface area contributed by atoms with E-state index in [1.165, 1.54) is 19.3 Å². The molecule has 1 aliphatic carbocycles. The fraction of sp³-hybridized carbons (Fsp3) is 0.667. The van der Waals surface area contributed by atoms with Gasteiger partial charge >= 0.3 is 0 Å². The highest BCUT2D eigenvalue weighted by Gasteiger charge is 2.22. The molecule has 1 aliphatic rings. The van der Waals surface area contributed by atoms with Crippen molar-refractivity contribution in [3.63, 3.8) is 0 Å². The fourth-order valence-electron chi connectivity index (χ4n) is 2.80. The van der Waals surface area contributed by atoms with Crippen LogP contribution in [-0.4, -0.2) is 40.8 Å². The number of aromatic nitrogens is 1. The summed E-state index contributed by atoms with van der Waals surface area (Å²) in [6, 6.07) is 1.63. The molecule has 1 heterocycles. The summed E-state index contributed by atoms with van der Waals surface area (Å²) in [7, 11) is 0. The summed E-state index contributed by atoms with van der Waals surface area (Å²) in [6.07, 6.45) is 5.86. The topological polar surface area (TPSA) is 75.4 Å². The molecule has 0 saturated heterocycles. The van der Waals surface area contributed by atoms with Gasteiger partial charge in [0, 0.05) is 12.6 Å². The molecule has 7 heteroatoms. The molecule has 2 amide bonds. The molecule has 0 aromatic carbocycles. The van der Waals surface area contributed by atoms with Crippen LogP contribution in [-0.2, 0) is 9.59 Å². The van der Waals surface area contributed by atoms with E-state index in [-0.39, 0.29) is 24.2 Å². The van der Waals surface area contributed by atoms with Gasteiger partial charge in [-0.05, 0) is 25.7 Å². The molecule has 1 N–H and O–H groups in total.